The van der Waals surface area contributed by atoms with E-state index in [1.54, 1.807) is 28.7 Å². The lowest BCUT2D eigenvalue weighted by atomic mass is 10.0. The van der Waals surface area contributed by atoms with Crippen molar-refractivity contribution in [2.75, 3.05) is 5.32 Å². The SMILES string of the molecule is O=C(Nc1cccc(C(F)(F)F)c1)C1=CC(O)(I)CC=C1. The van der Waals surface area contributed by atoms with Crippen molar-refractivity contribution in [3.05, 3.63) is 53.6 Å². The van der Waals surface area contributed by atoms with Crippen LogP contribution in [0.5, 0.6) is 0 Å². The number of hydrogen-bond acceptors (Lipinski definition) is 2. The zero-order valence-electron chi connectivity index (χ0n) is 10.6. The first-order chi connectivity index (χ1) is 9.67. The highest BCUT2D eigenvalue weighted by Gasteiger charge is 2.30. The van der Waals surface area contributed by atoms with E-state index in [4.69, 9.17) is 0 Å². The standard InChI is InChI=1S/C14H11F3INO2/c15-14(16,17)10-4-1-5-11(7-10)19-12(20)9-3-2-6-13(18,21)8-9/h1-5,7-8,21H,6H2,(H,19,20). The summed E-state index contributed by atoms with van der Waals surface area (Å²) in [5.74, 6) is -0.569. The summed E-state index contributed by atoms with van der Waals surface area (Å²) in [5.41, 5.74) is -0.582. The summed E-state index contributed by atoms with van der Waals surface area (Å²) < 4.78 is 36.6. The molecule has 1 aliphatic rings. The van der Waals surface area contributed by atoms with Crippen molar-refractivity contribution in [1.29, 1.82) is 0 Å². The molecule has 1 aromatic rings. The van der Waals surface area contributed by atoms with Gasteiger partial charge in [0.15, 0.2) is 0 Å². The van der Waals surface area contributed by atoms with Crippen molar-refractivity contribution in [1.82, 2.24) is 0 Å². The normalized spacial score (nSPS) is 21.9. The number of alkyl halides is 4. The molecule has 112 valence electrons. The van der Waals surface area contributed by atoms with Gasteiger partial charge in [0.2, 0.25) is 0 Å². The molecule has 3 nitrogen and oxygen atoms in total. The van der Waals surface area contributed by atoms with Crippen molar-refractivity contribution in [3.63, 3.8) is 0 Å². The lowest BCUT2D eigenvalue weighted by Gasteiger charge is -2.20. The van der Waals surface area contributed by atoms with Gasteiger partial charge in [-0.15, -0.1) is 0 Å². The second-order valence-electron chi connectivity index (χ2n) is 4.56. The minimum absolute atomic E-state index is 0.0479. The molecule has 2 N–H and O–H groups in total. The number of anilines is 1. The summed E-state index contributed by atoms with van der Waals surface area (Å²) in [6, 6.07) is 4.38. The topological polar surface area (TPSA) is 49.3 Å². The molecular formula is C14H11F3INO2. The van der Waals surface area contributed by atoms with Gasteiger partial charge in [-0.3, -0.25) is 4.79 Å². The van der Waals surface area contributed by atoms with Crippen molar-refractivity contribution in [2.45, 2.75) is 16.2 Å². The third-order valence-corrected chi connectivity index (χ3v) is 3.54. The van der Waals surface area contributed by atoms with Crippen molar-refractivity contribution >= 4 is 34.2 Å². The van der Waals surface area contributed by atoms with Gasteiger partial charge in [-0.25, -0.2) is 0 Å². The molecule has 2 rings (SSSR count). The van der Waals surface area contributed by atoms with E-state index in [-0.39, 0.29) is 11.3 Å². The van der Waals surface area contributed by atoms with E-state index in [0.29, 0.717) is 6.42 Å². The van der Waals surface area contributed by atoms with Crippen LogP contribution in [0.25, 0.3) is 0 Å². The molecular weight excluding hydrogens is 398 g/mol. The molecule has 0 heterocycles. The molecule has 0 spiro atoms. The summed E-state index contributed by atoms with van der Waals surface area (Å²) in [4.78, 5) is 12.0. The molecule has 0 aliphatic heterocycles. The summed E-state index contributed by atoms with van der Waals surface area (Å²) >= 11 is 1.79. The van der Waals surface area contributed by atoms with E-state index in [1.807, 2.05) is 0 Å². The molecule has 0 aromatic heterocycles. The van der Waals surface area contributed by atoms with Crippen LogP contribution in [0.4, 0.5) is 18.9 Å². The Morgan fingerprint density at radius 2 is 2.10 bits per heavy atom. The number of hydrogen-bond donors (Lipinski definition) is 2. The smallest absolute Gasteiger partial charge is 0.376 e. The first-order valence-electron chi connectivity index (χ1n) is 5.97. The van der Waals surface area contributed by atoms with Gasteiger partial charge < -0.3 is 10.4 Å². The first kappa shape index (κ1) is 16.0. The maximum absolute atomic E-state index is 12.6. The molecule has 0 radical (unpaired) electrons. The molecule has 0 fully saturated rings. The van der Waals surface area contributed by atoms with Crippen LogP contribution in [-0.2, 0) is 11.0 Å². The molecule has 1 aromatic carbocycles. The van der Waals surface area contributed by atoms with Gasteiger partial charge in [0.25, 0.3) is 5.91 Å². The number of carbonyl (C=O) groups excluding carboxylic acids is 1. The Labute approximate surface area is 132 Å². The first-order valence-corrected chi connectivity index (χ1v) is 7.04. The Hall–Kier alpha value is -1.35. The van der Waals surface area contributed by atoms with Crippen molar-refractivity contribution in [3.8, 4) is 0 Å². The van der Waals surface area contributed by atoms with E-state index in [1.165, 1.54) is 24.3 Å². The fraction of sp³-hybridized carbons (Fsp3) is 0.214. The number of benzene rings is 1. The molecule has 0 saturated heterocycles. The van der Waals surface area contributed by atoms with Crippen LogP contribution in [0.15, 0.2) is 48.1 Å². The van der Waals surface area contributed by atoms with Crippen LogP contribution < -0.4 is 5.32 Å². The number of carbonyl (C=O) groups is 1. The molecule has 1 aliphatic carbocycles. The molecule has 0 saturated carbocycles. The van der Waals surface area contributed by atoms with Gasteiger partial charge in [-0.1, -0.05) is 18.2 Å². The molecule has 0 bridgehead atoms. The third kappa shape index (κ3) is 4.31. The second-order valence-corrected chi connectivity index (χ2v) is 6.43. The fourth-order valence-electron chi connectivity index (χ4n) is 1.81. The van der Waals surface area contributed by atoms with Crippen LogP contribution in [0.1, 0.15) is 12.0 Å². The number of rotatable bonds is 2. The summed E-state index contributed by atoms with van der Waals surface area (Å²) in [6.45, 7) is 0. The van der Waals surface area contributed by atoms with Gasteiger partial charge in [-0.2, -0.15) is 13.2 Å². The Balaban J connectivity index is 2.17. The van der Waals surface area contributed by atoms with E-state index < -0.39 is 21.3 Å². The zero-order valence-corrected chi connectivity index (χ0v) is 12.8. The third-order valence-electron chi connectivity index (χ3n) is 2.79. The van der Waals surface area contributed by atoms with Crippen LogP contribution in [-0.4, -0.2) is 14.6 Å². The summed E-state index contributed by atoms with van der Waals surface area (Å²) in [6.07, 6.45) is 0.432. The molecule has 1 amide bonds. The van der Waals surface area contributed by atoms with Gasteiger partial charge >= 0.3 is 6.18 Å². The van der Waals surface area contributed by atoms with E-state index in [0.717, 1.165) is 12.1 Å². The number of nitrogens with one attached hydrogen (secondary N) is 1. The van der Waals surface area contributed by atoms with Crippen molar-refractivity contribution < 1.29 is 23.1 Å². The van der Waals surface area contributed by atoms with Crippen LogP contribution in [0.3, 0.4) is 0 Å². The maximum atomic E-state index is 12.6. The zero-order chi connectivity index (χ0) is 15.7. The highest BCUT2D eigenvalue weighted by Crippen LogP contribution is 2.31. The maximum Gasteiger partial charge on any atom is 0.416 e. The predicted octanol–water partition coefficient (Wildman–Crippen LogP) is 3.65. The summed E-state index contributed by atoms with van der Waals surface area (Å²) in [7, 11) is 0. The van der Waals surface area contributed by atoms with E-state index in [2.05, 4.69) is 5.32 Å². The molecule has 21 heavy (non-hydrogen) atoms. The Bertz CT molecular complexity index is 621. The number of amides is 1. The average molecular weight is 409 g/mol. The number of halogens is 4. The molecule has 1 atom stereocenters. The van der Waals surface area contributed by atoms with Gasteiger partial charge in [0, 0.05) is 17.7 Å². The second kappa shape index (κ2) is 5.80. The minimum Gasteiger partial charge on any atom is -0.376 e. The Morgan fingerprint density at radius 3 is 2.71 bits per heavy atom. The lowest BCUT2D eigenvalue weighted by Crippen LogP contribution is -2.23. The molecule has 1 unspecified atom stereocenters. The van der Waals surface area contributed by atoms with Gasteiger partial charge in [0.1, 0.15) is 3.61 Å². The highest BCUT2D eigenvalue weighted by molar-refractivity contribution is 14.1. The van der Waals surface area contributed by atoms with Crippen LogP contribution in [0, 0.1) is 0 Å². The predicted molar refractivity (Wildman–Crippen MR) is 80.9 cm³/mol. The van der Waals surface area contributed by atoms with Crippen LogP contribution >= 0.6 is 22.6 Å². The van der Waals surface area contributed by atoms with E-state index in [9.17, 15) is 23.1 Å². The van der Waals surface area contributed by atoms with Gasteiger partial charge in [-0.05, 0) is 46.9 Å². The summed E-state index contributed by atoms with van der Waals surface area (Å²) in [5, 5.41) is 12.2. The lowest BCUT2D eigenvalue weighted by molar-refractivity contribution is -0.137. The average Bonchev–Trinajstić information content (AvgIpc) is 2.37. The largest absolute Gasteiger partial charge is 0.416 e. The Kier molecular flexibility index (Phi) is 4.43. The molecule has 7 heteroatoms. The monoisotopic (exact) mass is 409 g/mol. The Morgan fingerprint density at radius 1 is 1.38 bits per heavy atom. The quantitative estimate of drug-likeness (QED) is 0.579. The van der Waals surface area contributed by atoms with Crippen LogP contribution in [0.2, 0.25) is 0 Å². The van der Waals surface area contributed by atoms with E-state index >= 15 is 0 Å². The fourth-order valence-corrected chi connectivity index (χ4v) is 2.40. The highest BCUT2D eigenvalue weighted by atomic mass is 127. The van der Waals surface area contributed by atoms with Gasteiger partial charge in [0.05, 0.1) is 5.56 Å². The van der Waals surface area contributed by atoms with Crippen molar-refractivity contribution in [2.24, 2.45) is 0 Å². The number of aliphatic hydroxyl groups is 1. The minimum atomic E-state index is -4.47.